The number of thioether (sulfide) groups is 1. The van der Waals surface area contributed by atoms with Crippen molar-refractivity contribution in [2.45, 2.75) is 45.7 Å². The molecular weight excluding hydrogens is 356 g/mol. The van der Waals surface area contributed by atoms with Crippen molar-refractivity contribution in [1.82, 2.24) is 19.5 Å². The number of likely N-dealkylation sites (tertiary alicyclic amines) is 1. The lowest BCUT2D eigenvalue weighted by atomic mass is 10.0. The zero-order chi connectivity index (χ0) is 19.1. The third-order valence-corrected chi connectivity index (χ3v) is 6.49. The molecule has 6 heteroatoms. The van der Waals surface area contributed by atoms with Gasteiger partial charge in [-0.05, 0) is 79.8 Å². The number of hydrogen-bond donors (Lipinski definition) is 0. The second kappa shape index (κ2) is 7.15. The molecule has 5 nitrogen and oxygen atoms in total. The SMILES string of the molecule is Cc1cc2cc(C)c3nnc(SCC(=O)N4CCC[C@@H](C)C4)n3c2cc1C. The van der Waals surface area contributed by atoms with Gasteiger partial charge >= 0.3 is 0 Å². The van der Waals surface area contributed by atoms with Crippen LogP contribution in [-0.4, -0.2) is 44.2 Å². The molecule has 27 heavy (non-hydrogen) atoms. The van der Waals surface area contributed by atoms with Gasteiger partial charge in [-0.15, -0.1) is 10.2 Å². The van der Waals surface area contributed by atoms with Crippen LogP contribution in [0.25, 0.3) is 16.6 Å². The van der Waals surface area contributed by atoms with Gasteiger partial charge in [0, 0.05) is 13.1 Å². The third kappa shape index (κ3) is 3.43. The summed E-state index contributed by atoms with van der Waals surface area (Å²) in [5.74, 6) is 1.21. The molecule has 0 aliphatic carbocycles. The molecule has 1 amide bonds. The average Bonchev–Trinajstić information content (AvgIpc) is 3.06. The zero-order valence-electron chi connectivity index (χ0n) is 16.5. The molecule has 0 bridgehead atoms. The van der Waals surface area contributed by atoms with Crippen molar-refractivity contribution in [3.8, 4) is 0 Å². The van der Waals surface area contributed by atoms with E-state index in [-0.39, 0.29) is 5.91 Å². The van der Waals surface area contributed by atoms with Crippen molar-refractivity contribution < 1.29 is 4.79 Å². The Balaban J connectivity index is 1.66. The van der Waals surface area contributed by atoms with Crippen molar-refractivity contribution >= 4 is 34.2 Å². The Hall–Kier alpha value is -2.08. The highest BCUT2D eigenvalue weighted by molar-refractivity contribution is 7.99. The van der Waals surface area contributed by atoms with E-state index < -0.39 is 0 Å². The summed E-state index contributed by atoms with van der Waals surface area (Å²) in [4.78, 5) is 14.7. The molecule has 1 aromatic carbocycles. The van der Waals surface area contributed by atoms with Crippen LogP contribution in [0.15, 0.2) is 23.4 Å². The Morgan fingerprint density at radius 3 is 2.67 bits per heavy atom. The maximum atomic E-state index is 12.7. The second-order valence-electron chi connectivity index (χ2n) is 7.84. The standard InChI is InChI=1S/C21H26N4OS/c1-13-6-5-7-24(11-13)19(26)12-27-21-23-22-20-16(4)9-17-8-14(2)15(3)10-18(17)25(20)21/h8-10,13H,5-7,11-12H2,1-4H3/t13-/m1/s1. The van der Waals surface area contributed by atoms with E-state index in [0.29, 0.717) is 11.7 Å². The van der Waals surface area contributed by atoms with Crippen LogP contribution in [0.3, 0.4) is 0 Å². The molecule has 1 atom stereocenters. The summed E-state index contributed by atoms with van der Waals surface area (Å²) in [6.07, 6.45) is 2.32. The fourth-order valence-corrected chi connectivity index (χ4v) is 4.75. The molecule has 1 fully saturated rings. The molecule has 3 heterocycles. The van der Waals surface area contributed by atoms with Crippen LogP contribution in [0.1, 0.15) is 36.5 Å². The van der Waals surface area contributed by atoms with Crippen LogP contribution < -0.4 is 0 Å². The lowest BCUT2D eigenvalue weighted by Gasteiger charge is -2.30. The molecule has 0 saturated carbocycles. The van der Waals surface area contributed by atoms with Gasteiger partial charge in [0.05, 0.1) is 11.3 Å². The molecule has 142 valence electrons. The quantitative estimate of drug-likeness (QED) is 0.638. The van der Waals surface area contributed by atoms with Crippen LogP contribution in [-0.2, 0) is 4.79 Å². The maximum absolute atomic E-state index is 12.7. The summed E-state index contributed by atoms with van der Waals surface area (Å²) < 4.78 is 2.11. The number of fused-ring (bicyclic) bond motifs is 3. The Kier molecular flexibility index (Phi) is 4.84. The summed E-state index contributed by atoms with van der Waals surface area (Å²) in [6, 6.07) is 6.57. The summed E-state index contributed by atoms with van der Waals surface area (Å²) in [7, 11) is 0. The number of aryl methyl sites for hydroxylation is 3. The van der Waals surface area contributed by atoms with E-state index in [4.69, 9.17) is 0 Å². The minimum Gasteiger partial charge on any atom is -0.342 e. The van der Waals surface area contributed by atoms with E-state index in [1.807, 2.05) is 4.90 Å². The first-order chi connectivity index (χ1) is 12.9. The first kappa shape index (κ1) is 18.3. The molecule has 1 aliphatic heterocycles. The van der Waals surface area contributed by atoms with Crippen molar-refractivity contribution in [2.24, 2.45) is 5.92 Å². The molecular formula is C21H26N4OS. The predicted molar refractivity (Wildman–Crippen MR) is 110 cm³/mol. The highest BCUT2D eigenvalue weighted by Crippen LogP contribution is 2.28. The number of hydrogen-bond acceptors (Lipinski definition) is 4. The number of pyridine rings is 1. The number of carbonyl (C=O) groups is 1. The minimum atomic E-state index is 0.201. The number of amides is 1. The van der Waals surface area contributed by atoms with Crippen LogP contribution in [0, 0.1) is 26.7 Å². The van der Waals surface area contributed by atoms with Crippen LogP contribution in [0.4, 0.5) is 0 Å². The number of aromatic nitrogens is 3. The number of nitrogens with zero attached hydrogens (tertiary/aromatic N) is 4. The van der Waals surface area contributed by atoms with E-state index >= 15 is 0 Å². The van der Waals surface area contributed by atoms with Crippen molar-refractivity contribution in [2.75, 3.05) is 18.8 Å². The molecule has 1 saturated heterocycles. The number of benzene rings is 1. The van der Waals surface area contributed by atoms with E-state index in [2.05, 4.69) is 60.5 Å². The lowest BCUT2D eigenvalue weighted by molar-refractivity contribution is -0.130. The van der Waals surface area contributed by atoms with Gasteiger partial charge in [0.2, 0.25) is 5.91 Å². The van der Waals surface area contributed by atoms with Gasteiger partial charge in [-0.1, -0.05) is 18.7 Å². The first-order valence-electron chi connectivity index (χ1n) is 9.60. The van der Waals surface area contributed by atoms with Crippen LogP contribution >= 0.6 is 11.8 Å². The molecule has 3 aromatic rings. The zero-order valence-corrected chi connectivity index (χ0v) is 17.3. The van der Waals surface area contributed by atoms with E-state index in [9.17, 15) is 4.79 Å². The van der Waals surface area contributed by atoms with E-state index in [1.165, 1.54) is 34.7 Å². The monoisotopic (exact) mass is 382 g/mol. The summed E-state index contributed by atoms with van der Waals surface area (Å²) in [5.41, 5.74) is 5.59. The fourth-order valence-electron chi connectivity index (χ4n) is 3.90. The Morgan fingerprint density at radius 1 is 1.15 bits per heavy atom. The Bertz CT molecular complexity index is 1030. The number of carbonyl (C=O) groups excluding carboxylic acids is 1. The molecule has 1 aliphatic rings. The summed E-state index contributed by atoms with van der Waals surface area (Å²) in [6.45, 7) is 10.3. The van der Waals surface area contributed by atoms with Crippen LogP contribution in [0.5, 0.6) is 0 Å². The molecule has 0 N–H and O–H groups in total. The molecule has 0 radical (unpaired) electrons. The van der Waals surface area contributed by atoms with Gasteiger partial charge in [0.25, 0.3) is 0 Å². The largest absolute Gasteiger partial charge is 0.342 e. The number of rotatable bonds is 3. The smallest absolute Gasteiger partial charge is 0.233 e. The Morgan fingerprint density at radius 2 is 1.89 bits per heavy atom. The first-order valence-corrected chi connectivity index (χ1v) is 10.6. The van der Waals surface area contributed by atoms with Crippen molar-refractivity contribution in [3.05, 3.63) is 34.9 Å². The van der Waals surface area contributed by atoms with Gasteiger partial charge < -0.3 is 4.90 Å². The highest BCUT2D eigenvalue weighted by Gasteiger charge is 2.22. The number of piperidine rings is 1. The van der Waals surface area contributed by atoms with Gasteiger partial charge in [0.15, 0.2) is 10.8 Å². The Labute approximate surface area is 164 Å². The molecule has 0 unspecified atom stereocenters. The van der Waals surface area contributed by atoms with E-state index in [0.717, 1.165) is 41.4 Å². The van der Waals surface area contributed by atoms with Crippen molar-refractivity contribution in [3.63, 3.8) is 0 Å². The topological polar surface area (TPSA) is 50.5 Å². The van der Waals surface area contributed by atoms with Gasteiger partial charge in [0.1, 0.15) is 0 Å². The third-order valence-electron chi connectivity index (χ3n) is 5.58. The minimum absolute atomic E-state index is 0.201. The van der Waals surface area contributed by atoms with Crippen LogP contribution in [0.2, 0.25) is 0 Å². The molecule has 0 spiro atoms. The normalized spacial score (nSPS) is 17.8. The van der Waals surface area contributed by atoms with E-state index in [1.54, 1.807) is 0 Å². The summed E-state index contributed by atoms with van der Waals surface area (Å²) >= 11 is 1.49. The van der Waals surface area contributed by atoms with Gasteiger partial charge in [-0.2, -0.15) is 0 Å². The average molecular weight is 383 g/mol. The van der Waals surface area contributed by atoms with Crippen molar-refractivity contribution in [1.29, 1.82) is 0 Å². The summed E-state index contributed by atoms with van der Waals surface area (Å²) in [5, 5.41) is 10.8. The maximum Gasteiger partial charge on any atom is 0.233 e. The fraction of sp³-hybridized carbons (Fsp3) is 0.476. The lowest BCUT2D eigenvalue weighted by Crippen LogP contribution is -2.40. The van der Waals surface area contributed by atoms with Gasteiger partial charge in [-0.3, -0.25) is 9.20 Å². The second-order valence-corrected chi connectivity index (χ2v) is 8.78. The highest BCUT2D eigenvalue weighted by atomic mass is 32.2. The molecule has 4 rings (SSSR count). The molecule has 2 aromatic heterocycles. The predicted octanol–water partition coefficient (Wildman–Crippen LogP) is 4.16. The van der Waals surface area contributed by atoms with Gasteiger partial charge in [-0.25, -0.2) is 0 Å².